The van der Waals surface area contributed by atoms with Gasteiger partial charge in [0.15, 0.2) is 0 Å². The second kappa shape index (κ2) is 6.27. The van der Waals surface area contributed by atoms with Gasteiger partial charge in [-0.3, -0.25) is 4.79 Å². The standard InChI is InChI=1S/C19H20BN3O3/c1-19(2)10-13-7-8-14(9-15(13)20(25)26-19)22-18(24)11-23-12-21-16-5-3-4-6-17(16)23/h3-9,12,25H,10-11H2,1-2H3,(H,22,24). The summed E-state index contributed by atoms with van der Waals surface area (Å²) < 4.78 is 7.43. The lowest BCUT2D eigenvalue weighted by atomic mass is 9.70. The third-order valence-electron chi connectivity index (χ3n) is 4.58. The first-order valence-corrected chi connectivity index (χ1v) is 8.60. The Hall–Kier alpha value is -2.64. The summed E-state index contributed by atoms with van der Waals surface area (Å²) in [5, 5.41) is 13.1. The van der Waals surface area contributed by atoms with Crippen molar-refractivity contribution >= 4 is 35.2 Å². The number of benzene rings is 2. The number of para-hydroxylation sites is 2. The molecule has 0 saturated heterocycles. The van der Waals surface area contributed by atoms with Crippen molar-refractivity contribution in [3.8, 4) is 0 Å². The fourth-order valence-corrected chi connectivity index (χ4v) is 3.42. The smallest absolute Gasteiger partial charge is 0.423 e. The molecule has 1 aromatic heterocycles. The van der Waals surface area contributed by atoms with Crippen molar-refractivity contribution in [2.45, 2.75) is 32.4 Å². The van der Waals surface area contributed by atoms with Crippen LogP contribution in [0, 0.1) is 0 Å². The van der Waals surface area contributed by atoms with Crippen LogP contribution in [0.5, 0.6) is 0 Å². The van der Waals surface area contributed by atoms with Crippen LogP contribution in [0.25, 0.3) is 11.0 Å². The number of nitrogens with zero attached hydrogens (tertiary/aromatic N) is 2. The van der Waals surface area contributed by atoms with Gasteiger partial charge in [-0.05, 0) is 55.6 Å². The third kappa shape index (κ3) is 3.23. The average molecular weight is 349 g/mol. The molecule has 26 heavy (non-hydrogen) atoms. The molecule has 2 heterocycles. The fourth-order valence-electron chi connectivity index (χ4n) is 3.42. The number of aromatic nitrogens is 2. The predicted molar refractivity (Wildman–Crippen MR) is 101 cm³/mol. The van der Waals surface area contributed by atoms with E-state index in [1.54, 1.807) is 12.4 Å². The van der Waals surface area contributed by atoms with Crippen LogP contribution >= 0.6 is 0 Å². The molecule has 2 aromatic carbocycles. The number of hydrogen-bond donors (Lipinski definition) is 2. The van der Waals surface area contributed by atoms with E-state index in [9.17, 15) is 9.82 Å². The Kier molecular flexibility index (Phi) is 4.05. The van der Waals surface area contributed by atoms with Crippen LogP contribution in [0.1, 0.15) is 19.4 Å². The van der Waals surface area contributed by atoms with E-state index in [0.717, 1.165) is 16.6 Å². The summed E-state index contributed by atoms with van der Waals surface area (Å²) in [6, 6.07) is 13.3. The molecule has 2 N–H and O–H groups in total. The van der Waals surface area contributed by atoms with Gasteiger partial charge < -0.3 is 19.6 Å². The molecular formula is C19H20BN3O3. The van der Waals surface area contributed by atoms with Gasteiger partial charge in [0, 0.05) is 5.69 Å². The van der Waals surface area contributed by atoms with Crippen LogP contribution in [-0.4, -0.2) is 33.2 Å². The number of carbonyl (C=O) groups is 1. The summed E-state index contributed by atoms with van der Waals surface area (Å²) in [4.78, 5) is 16.7. The van der Waals surface area contributed by atoms with E-state index in [1.807, 2.05) is 54.8 Å². The number of hydrogen-bond acceptors (Lipinski definition) is 4. The topological polar surface area (TPSA) is 76.4 Å². The molecule has 0 saturated carbocycles. The van der Waals surface area contributed by atoms with Crippen molar-refractivity contribution < 1.29 is 14.5 Å². The molecule has 0 radical (unpaired) electrons. The van der Waals surface area contributed by atoms with Crippen LogP contribution in [-0.2, 0) is 22.4 Å². The molecular weight excluding hydrogens is 329 g/mol. The Morgan fingerprint density at radius 1 is 1.35 bits per heavy atom. The summed E-state index contributed by atoms with van der Waals surface area (Å²) in [6.07, 6.45) is 2.38. The van der Waals surface area contributed by atoms with Crippen molar-refractivity contribution in [3.63, 3.8) is 0 Å². The van der Waals surface area contributed by atoms with Crippen molar-refractivity contribution in [2.75, 3.05) is 5.32 Å². The van der Waals surface area contributed by atoms with Gasteiger partial charge in [0.05, 0.1) is 23.0 Å². The molecule has 0 atom stereocenters. The van der Waals surface area contributed by atoms with Crippen LogP contribution in [0.4, 0.5) is 5.69 Å². The molecule has 1 aliphatic rings. The average Bonchev–Trinajstić information content (AvgIpc) is 2.98. The van der Waals surface area contributed by atoms with Crippen molar-refractivity contribution in [2.24, 2.45) is 0 Å². The summed E-state index contributed by atoms with van der Waals surface area (Å²) >= 11 is 0. The number of carbonyl (C=O) groups excluding carboxylic acids is 1. The molecule has 6 nitrogen and oxygen atoms in total. The SMILES string of the molecule is CC1(C)Cc2ccc(NC(=O)Cn3cnc4ccccc43)cc2B(O)O1. The number of anilines is 1. The van der Waals surface area contributed by atoms with E-state index in [4.69, 9.17) is 4.65 Å². The van der Waals surface area contributed by atoms with Gasteiger partial charge in [0.25, 0.3) is 0 Å². The maximum atomic E-state index is 12.4. The number of imidazole rings is 1. The quantitative estimate of drug-likeness (QED) is 0.706. The van der Waals surface area contributed by atoms with Gasteiger partial charge in [0.1, 0.15) is 6.54 Å². The van der Waals surface area contributed by atoms with Gasteiger partial charge in [0.2, 0.25) is 5.91 Å². The zero-order chi connectivity index (χ0) is 18.3. The largest absolute Gasteiger partial charge is 0.491 e. The zero-order valence-corrected chi connectivity index (χ0v) is 14.8. The Bertz CT molecular complexity index is 983. The van der Waals surface area contributed by atoms with E-state index in [2.05, 4.69) is 10.3 Å². The van der Waals surface area contributed by atoms with E-state index in [1.165, 1.54) is 0 Å². The molecule has 0 spiro atoms. The summed E-state index contributed by atoms with van der Waals surface area (Å²) in [5.41, 5.74) is 3.75. The maximum absolute atomic E-state index is 12.4. The first-order valence-electron chi connectivity index (χ1n) is 8.60. The minimum atomic E-state index is -0.983. The highest BCUT2D eigenvalue weighted by molar-refractivity contribution is 6.61. The van der Waals surface area contributed by atoms with Crippen LogP contribution in [0.15, 0.2) is 48.8 Å². The second-order valence-electron chi connectivity index (χ2n) is 7.23. The first kappa shape index (κ1) is 16.8. The molecule has 1 amide bonds. The molecule has 1 aliphatic heterocycles. The Morgan fingerprint density at radius 3 is 3.00 bits per heavy atom. The molecule has 0 unspecified atom stereocenters. The minimum Gasteiger partial charge on any atom is -0.423 e. The maximum Gasteiger partial charge on any atom is 0.491 e. The molecule has 0 fully saturated rings. The first-order chi connectivity index (χ1) is 12.4. The van der Waals surface area contributed by atoms with Crippen molar-refractivity contribution in [1.29, 1.82) is 0 Å². The summed E-state index contributed by atoms with van der Waals surface area (Å²) in [6.45, 7) is 4.07. The van der Waals surface area contributed by atoms with E-state index < -0.39 is 12.7 Å². The molecule has 0 bridgehead atoms. The lowest BCUT2D eigenvalue weighted by Crippen LogP contribution is -2.50. The van der Waals surface area contributed by atoms with Crippen molar-refractivity contribution in [1.82, 2.24) is 9.55 Å². The lowest BCUT2D eigenvalue weighted by molar-refractivity contribution is -0.116. The Labute approximate surface area is 152 Å². The predicted octanol–water partition coefficient (Wildman–Crippen LogP) is 1.71. The molecule has 0 aliphatic carbocycles. The zero-order valence-electron chi connectivity index (χ0n) is 14.8. The Balaban J connectivity index is 1.51. The van der Waals surface area contributed by atoms with Crippen LogP contribution < -0.4 is 10.8 Å². The Morgan fingerprint density at radius 2 is 2.15 bits per heavy atom. The number of amides is 1. The van der Waals surface area contributed by atoms with Crippen molar-refractivity contribution in [3.05, 3.63) is 54.4 Å². The number of rotatable bonds is 3. The third-order valence-corrected chi connectivity index (χ3v) is 4.58. The van der Waals surface area contributed by atoms with E-state index >= 15 is 0 Å². The van der Waals surface area contributed by atoms with E-state index in [-0.39, 0.29) is 12.5 Å². The van der Waals surface area contributed by atoms with Gasteiger partial charge in [-0.15, -0.1) is 0 Å². The van der Waals surface area contributed by atoms with Gasteiger partial charge in [-0.25, -0.2) is 4.98 Å². The van der Waals surface area contributed by atoms with Gasteiger partial charge >= 0.3 is 7.12 Å². The van der Waals surface area contributed by atoms with Crippen LogP contribution in [0.3, 0.4) is 0 Å². The molecule has 132 valence electrons. The molecule has 7 heteroatoms. The van der Waals surface area contributed by atoms with Gasteiger partial charge in [-0.1, -0.05) is 18.2 Å². The minimum absolute atomic E-state index is 0.153. The van der Waals surface area contributed by atoms with E-state index in [0.29, 0.717) is 17.6 Å². The fraction of sp³-hybridized carbons (Fsp3) is 0.263. The second-order valence-corrected chi connectivity index (χ2v) is 7.23. The summed E-state index contributed by atoms with van der Waals surface area (Å²) in [5.74, 6) is -0.153. The highest BCUT2D eigenvalue weighted by Crippen LogP contribution is 2.23. The highest BCUT2D eigenvalue weighted by atomic mass is 16.5. The normalized spacial score (nSPS) is 15.7. The number of nitrogens with one attached hydrogen (secondary N) is 1. The lowest BCUT2D eigenvalue weighted by Gasteiger charge is -2.34. The molecule has 4 rings (SSSR count). The number of fused-ring (bicyclic) bond motifs is 2. The monoisotopic (exact) mass is 349 g/mol. The highest BCUT2D eigenvalue weighted by Gasteiger charge is 2.35. The summed E-state index contributed by atoms with van der Waals surface area (Å²) in [7, 11) is -0.983. The molecule has 3 aromatic rings. The van der Waals surface area contributed by atoms with Crippen LogP contribution in [0.2, 0.25) is 0 Å². The van der Waals surface area contributed by atoms with Gasteiger partial charge in [-0.2, -0.15) is 0 Å².